The standard InChI is InChI=1S/C7H7ClO3S.K.H/c1-11-6-3-2-5(8)4-7(6)12(9)10;;/h2-4H,1H3,(H,9,10);;/q;+1;-1/p-1. The Balaban J connectivity index is 0. The Morgan fingerprint density at radius 2 is 2.23 bits per heavy atom. The van der Waals surface area contributed by atoms with Gasteiger partial charge < -0.3 is 10.7 Å². The number of hydrogen-bond acceptors (Lipinski definition) is 3. The van der Waals surface area contributed by atoms with Crippen molar-refractivity contribution in [3.63, 3.8) is 0 Å². The first-order valence-corrected chi connectivity index (χ1v) is 4.53. The number of rotatable bonds is 2. The second kappa shape index (κ2) is 6.52. The van der Waals surface area contributed by atoms with E-state index in [0.29, 0.717) is 10.8 Å². The van der Waals surface area contributed by atoms with Gasteiger partial charge in [-0.25, -0.2) is 0 Å². The van der Waals surface area contributed by atoms with Crippen LogP contribution < -0.4 is 56.1 Å². The van der Waals surface area contributed by atoms with E-state index in [-0.39, 0.29) is 57.7 Å². The summed E-state index contributed by atoms with van der Waals surface area (Å²) in [6, 6.07) is 4.41. The van der Waals surface area contributed by atoms with Gasteiger partial charge in [-0.3, -0.25) is 4.21 Å². The van der Waals surface area contributed by atoms with Gasteiger partial charge in [-0.05, 0) is 29.3 Å². The molecule has 1 rings (SSSR count). The molecule has 0 N–H and O–H groups in total. The first-order valence-electron chi connectivity index (χ1n) is 3.08. The molecule has 1 unspecified atom stereocenters. The number of hydrogen-bond donors (Lipinski definition) is 0. The van der Waals surface area contributed by atoms with Gasteiger partial charge in [-0.1, -0.05) is 11.6 Å². The maximum Gasteiger partial charge on any atom is 1.00 e. The molecule has 0 bridgehead atoms. The van der Waals surface area contributed by atoms with Crippen LogP contribution in [0, 0.1) is 0 Å². The van der Waals surface area contributed by atoms with Crippen molar-refractivity contribution in [1.82, 2.24) is 0 Å². The SMILES string of the molecule is COc1ccc(Cl)cc1S(=O)[O-].[H-].[K+]. The molecule has 0 radical (unpaired) electrons. The van der Waals surface area contributed by atoms with E-state index in [1.54, 1.807) is 6.07 Å². The van der Waals surface area contributed by atoms with E-state index >= 15 is 0 Å². The molecule has 6 heteroatoms. The quantitative estimate of drug-likeness (QED) is 0.481. The van der Waals surface area contributed by atoms with E-state index in [1.165, 1.54) is 19.2 Å². The third-order valence-corrected chi connectivity index (χ3v) is 2.22. The van der Waals surface area contributed by atoms with Crippen molar-refractivity contribution in [2.75, 3.05) is 7.11 Å². The number of halogens is 1. The van der Waals surface area contributed by atoms with Crippen LogP contribution in [0.5, 0.6) is 5.75 Å². The molecule has 0 aromatic heterocycles. The second-order valence-electron chi connectivity index (χ2n) is 2.03. The van der Waals surface area contributed by atoms with Gasteiger partial charge in [0.2, 0.25) is 0 Å². The summed E-state index contributed by atoms with van der Waals surface area (Å²) >= 11 is 3.28. The minimum absolute atomic E-state index is 0. The molecule has 3 nitrogen and oxygen atoms in total. The molecule has 0 saturated carbocycles. The van der Waals surface area contributed by atoms with E-state index in [9.17, 15) is 8.76 Å². The normalized spacial score (nSPS) is 11.6. The smallest absolute Gasteiger partial charge is 1.00 e. The number of ether oxygens (including phenoxy) is 1. The molecule has 0 aliphatic rings. The van der Waals surface area contributed by atoms with Crippen molar-refractivity contribution in [1.29, 1.82) is 0 Å². The fourth-order valence-corrected chi connectivity index (χ4v) is 1.56. The molecule has 0 fully saturated rings. The summed E-state index contributed by atoms with van der Waals surface area (Å²) in [5, 5.41) is 0.370. The minimum Gasteiger partial charge on any atom is -1.00 e. The van der Waals surface area contributed by atoms with Gasteiger partial charge >= 0.3 is 51.4 Å². The summed E-state index contributed by atoms with van der Waals surface area (Å²) in [6.07, 6.45) is 0. The zero-order valence-corrected chi connectivity index (χ0v) is 11.9. The predicted molar refractivity (Wildman–Crippen MR) is 46.3 cm³/mol. The molecule has 0 saturated heterocycles. The van der Waals surface area contributed by atoms with E-state index in [4.69, 9.17) is 16.3 Å². The molecule has 0 amide bonds. The molecule has 1 aromatic rings. The van der Waals surface area contributed by atoms with Crippen molar-refractivity contribution in [2.45, 2.75) is 4.90 Å². The third-order valence-electron chi connectivity index (χ3n) is 1.31. The summed E-state index contributed by atoms with van der Waals surface area (Å²) in [6.45, 7) is 0. The predicted octanol–water partition coefficient (Wildman–Crippen LogP) is -1.30. The molecule has 0 aliphatic carbocycles. The summed E-state index contributed by atoms with van der Waals surface area (Å²) in [7, 11) is 1.40. The zero-order valence-electron chi connectivity index (χ0n) is 8.24. The van der Waals surface area contributed by atoms with Crippen LogP contribution in [-0.2, 0) is 11.1 Å². The van der Waals surface area contributed by atoms with Crippen LogP contribution in [0.25, 0.3) is 0 Å². The number of methoxy groups -OCH3 is 1. The van der Waals surface area contributed by atoms with Crippen LogP contribution in [0.3, 0.4) is 0 Å². The molecule has 0 heterocycles. The van der Waals surface area contributed by atoms with Crippen LogP contribution in [0.4, 0.5) is 0 Å². The van der Waals surface area contributed by atoms with Crippen LogP contribution in [0.15, 0.2) is 23.1 Å². The molecule has 0 spiro atoms. The van der Waals surface area contributed by atoms with E-state index in [1.807, 2.05) is 0 Å². The zero-order chi connectivity index (χ0) is 9.14. The minimum atomic E-state index is -2.31. The molecule has 0 aliphatic heterocycles. The van der Waals surface area contributed by atoms with Crippen molar-refractivity contribution in [3.05, 3.63) is 23.2 Å². The number of benzene rings is 1. The van der Waals surface area contributed by atoms with Crippen molar-refractivity contribution in [2.24, 2.45) is 0 Å². The van der Waals surface area contributed by atoms with Gasteiger partial charge in [0.25, 0.3) is 0 Å². The van der Waals surface area contributed by atoms with Gasteiger partial charge in [0, 0.05) is 5.02 Å². The van der Waals surface area contributed by atoms with E-state index < -0.39 is 11.1 Å². The average Bonchev–Trinajstić information content (AvgIpc) is 2.04. The molecular formula is C7H7ClKO3S-. The van der Waals surface area contributed by atoms with E-state index in [2.05, 4.69) is 0 Å². The maximum atomic E-state index is 10.6. The molecular weight excluding hydrogens is 239 g/mol. The summed E-state index contributed by atoms with van der Waals surface area (Å²) in [5.41, 5.74) is 0. The monoisotopic (exact) mass is 245 g/mol. The van der Waals surface area contributed by atoms with Crippen LogP contribution >= 0.6 is 11.6 Å². The third kappa shape index (κ3) is 3.97. The van der Waals surface area contributed by atoms with Crippen LogP contribution in [-0.4, -0.2) is 15.9 Å². The topological polar surface area (TPSA) is 49.4 Å². The Labute approximate surface area is 128 Å². The van der Waals surface area contributed by atoms with Gasteiger partial charge in [0.05, 0.1) is 12.0 Å². The van der Waals surface area contributed by atoms with Crippen molar-refractivity contribution >= 4 is 22.7 Å². The fraction of sp³-hybridized carbons (Fsp3) is 0.143. The Morgan fingerprint density at radius 3 is 2.69 bits per heavy atom. The molecule has 1 aromatic carbocycles. The summed E-state index contributed by atoms with van der Waals surface area (Å²) in [5.74, 6) is 0.299. The Morgan fingerprint density at radius 1 is 1.62 bits per heavy atom. The first kappa shape index (κ1) is 14.1. The van der Waals surface area contributed by atoms with Crippen LogP contribution in [0.1, 0.15) is 1.43 Å². The molecule has 13 heavy (non-hydrogen) atoms. The van der Waals surface area contributed by atoms with Gasteiger partial charge in [0.1, 0.15) is 5.75 Å². The largest absolute Gasteiger partial charge is 1.00 e. The van der Waals surface area contributed by atoms with Crippen LogP contribution in [0.2, 0.25) is 5.02 Å². The Hall–Kier alpha value is 1.06. The fourth-order valence-electron chi connectivity index (χ4n) is 0.781. The first-order chi connectivity index (χ1) is 5.65. The Kier molecular flexibility index (Phi) is 7.05. The molecule has 1 atom stereocenters. The van der Waals surface area contributed by atoms with Gasteiger partial charge in [-0.2, -0.15) is 0 Å². The van der Waals surface area contributed by atoms with Gasteiger partial charge in [-0.15, -0.1) is 0 Å². The second-order valence-corrected chi connectivity index (χ2v) is 3.38. The summed E-state index contributed by atoms with van der Waals surface area (Å²) in [4.78, 5) is 0.0741. The van der Waals surface area contributed by atoms with Gasteiger partial charge in [0.15, 0.2) is 0 Å². The van der Waals surface area contributed by atoms with Crippen molar-refractivity contribution < 1.29 is 66.3 Å². The van der Waals surface area contributed by atoms with Crippen molar-refractivity contribution in [3.8, 4) is 5.75 Å². The maximum absolute atomic E-state index is 10.6. The summed E-state index contributed by atoms with van der Waals surface area (Å²) < 4.78 is 26.0. The molecule has 68 valence electrons. The Bertz CT molecular complexity index is 324. The van der Waals surface area contributed by atoms with E-state index in [0.717, 1.165) is 0 Å². The average molecular weight is 246 g/mol.